The van der Waals surface area contributed by atoms with Gasteiger partial charge < -0.3 is 16.4 Å². The molecule has 0 aliphatic heterocycles. The lowest BCUT2D eigenvalue weighted by molar-refractivity contribution is 0.103. The summed E-state index contributed by atoms with van der Waals surface area (Å²) in [5, 5.41) is 6.63. The Morgan fingerprint density at radius 3 is 2.64 bits per heavy atom. The molecule has 0 bridgehead atoms. The SMILES string of the molecule is Cc1cccc(Cl)c1NC(=O)c1sc(Nc2ccc(F)cc2)nc1N. The fourth-order valence-corrected chi connectivity index (χ4v) is 3.23. The number of nitrogens with two attached hydrogens (primary N) is 1. The van der Waals surface area contributed by atoms with E-state index >= 15 is 0 Å². The summed E-state index contributed by atoms with van der Waals surface area (Å²) in [7, 11) is 0. The van der Waals surface area contributed by atoms with Crippen LogP contribution in [0.3, 0.4) is 0 Å². The molecule has 0 radical (unpaired) electrons. The number of benzene rings is 2. The van der Waals surface area contributed by atoms with Crippen LogP contribution in [-0.4, -0.2) is 10.9 Å². The Bertz CT molecular complexity index is 907. The van der Waals surface area contributed by atoms with Crippen molar-refractivity contribution in [3.63, 3.8) is 0 Å². The number of aryl methyl sites for hydroxylation is 1. The minimum absolute atomic E-state index is 0.108. The Hall–Kier alpha value is -2.64. The number of carbonyl (C=O) groups excluding carboxylic acids is 1. The van der Waals surface area contributed by atoms with E-state index in [-0.39, 0.29) is 16.5 Å². The highest BCUT2D eigenvalue weighted by molar-refractivity contribution is 7.18. The molecular formula is C17H14ClFN4OS. The molecule has 4 N–H and O–H groups in total. The first-order valence-electron chi connectivity index (χ1n) is 7.29. The van der Waals surface area contributed by atoms with E-state index in [1.54, 1.807) is 24.3 Å². The van der Waals surface area contributed by atoms with Crippen molar-refractivity contribution in [2.45, 2.75) is 6.92 Å². The molecule has 3 rings (SSSR count). The van der Waals surface area contributed by atoms with Crippen LogP contribution in [0.4, 0.5) is 26.7 Å². The predicted octanol–water partition coefficient (Wildman–Crippen LogP) is 4.82. The van der Waals surface area contributed by atoms with Gasteiger partial charge in [-0.15, -0.1) is 0 Å². The molecule has 1 heterocycles. The Morgan fingerprint density at radius 1 is 1.24 bits per heavy atom. The molecule has 1 amide bonds. The third-order valence-corrected chi connectivity index (χ3v) is 4.72. The van der Waals surface area contributed by atoms with Crippen LogP contribution in [0.1, 0.15) is 15.2 Å². The summed E-state index contributed by atoms with van der Waals surface area (Å²) in [6.07, 6.45) is 0. The average Bonchev–Trinajstić information content (AvgIpc) is 2.94. The summed E-state index contributed by atoms with van der Waals surface area (Å²) >= 11 is 7.23. The zero-order valence-corrected chi connectivity index (χ0v) is 14.7. The summed E-state index contributed by atoms with van der Waals surface area (Å²) in [5.41, 5.74) is 7.88. The Balaban J connectivity index is 1.80. The second-order valence-electron chi connectivity index (χ2n) is 5.25. The molecule has 0 aliphatic rings. The van der Waals surface area contributed by atoms with Crippen molar-refractivity contribution >= 4 is 51.2 Å². The molecule has 5 nitrogen and oxygen atoms in total. The molecule has 0 saturated heterocycles. The number of nitrogen functional groups attached to an aromatic ring is 1. The summed E-state index contributed by atoms with van der Waals surface area (Å²) < 4.78 is 12.9. The van der Waals surface area contributed by atoms with E-state index in [1.165, 1.54) is 12.1 Å². The number of anilines is 4. The molecule has 0 spiro atoms. The first-order valence-corrected chi connectivity index (χ1v) is 8.49. The van der Waals surface area contributed by atoms with Crippen LogP contribution in [0.25, 0.3) is 0 Å². The quantitative estimate of drug-likeness (QED) is 0.609. The third kappa shape index (κ3) is 3.89. The number of aromatic nitrogens is 1. The van der Waals surface area contributed by atoms with Crippen LogP contribution in [0.2, 0.25) is 5.02 Å². The zero-order valence-electron chi connectivity index (χ0n) is 13.1. The van der Waals surface area contributed by atoms with Crippen LogP contribution in [0, 0.1) is 12.7 Å². The summed E-state index contributed by atoms with van der Waals surface area (Å²) in [6.45, 7) is 1.85. The molecule has 0 saturated carbocycles. The van der Waals surface area contributed by atoms with Crippen molar-refractivity contribution in [3.05, 3.63) is 63.7 Å². The lowest BCUT2D eigenvalue weighted by Crippen LogP contribution is -2.13. The lowest BCUT2D eigenvalue weighted by atomic mass is 10.2. The van der Waals surface area contributed by atoms with Gasteiger partial charge in [-0.05, 0) is 42.8 Å². The minimum Gasteiger partial charge on any atom is -0.382 e. The molecule has 25 heavy (non-hydrogen) atoms. The smallest absolute Gasteiger partial charge is 0.269 e. The van der Waals surface area contributed by atoms with Crippen LogP contribution >= 0.6 is 22.9 Å². The number of thiazole rings is 1. The van der Waals surface area contributed by atoms with E-state index in [2.05, 4.69) is 15.6 Å². The predicted molar refractivity (Wildman–Crippen MR) is 100 cm³/mol. The largest absolute Gasteiger partial charge is 0.382 e. The van der Waals surface area contributed by atoms with E-state index in [0.717, 1.165) is 16.9 Å². The number of amides is 1. The van der Waals surface area contributed by atoms with Gasteiger partial charge in [-0.2, -0.15) is 0 Å². The topological polar surface area (TPSA) is 80.0 Å². The van der Waals surface area contributed by atoms with E-state index in [1.807, 2.05) is 13.0 Å². The van der Waals surface area contributed by atoms with Crippen molar-refractivity contribution in [3.8, 4) is 0 Å². The van der Waals surface area contributed by atoms with Crippen molar-refractivity contribution in [2.24, 2.45) is 0 Å². The summed E-state index contributed by atoms with van der Waals surface area (Å²) in [5.74, 6) is -0.616. The Kier molecular flexibility index (Phi) is 4.87. The van der Waals surface area contributed by atoms with Gasteiger partial charge in [0.15, 0.2) is 5.13 Å². The molecule has 0 aliphatic carbocycles. The molecular weight excluding hydrogens is 363 g/mol. The number of carbonyl (C=O) groups is 1. The van der Waals surface area contributed by atoms with Crippen LogP contribution in [0.5, 0.6) is 0 Å². The van der Waals surface area contributed by atoms with E-state index < -0.39 is 5.91 Å². The maximum Gasteiger partial charge on any atom is 0.269 e. The molecule has 2 aromatic carbocycles. The van der Waals surface area contributed by atoms with Gasteiger partial charge in [0.25, 0.3) is 5.91 Å². The molecule has 0 unspecified atom stereocenters. The van der Waals surface area contributed by atoms with Crippen molar-refractivity contribution < 1.29 is 9.18 Å². The number of nitrogens with one attached hydrogen (secondary N) is 2. The van der Waals surface area contributed by atoms with E-state index in [4.69, 9.17) is 17.3 Å². The summed E-state index contributed by atoms with van der Waals surface area (Å²) in [4.78, 5) is 16.9. The fraction of sp³-hybridized carbons (Fsp3) is 0.0588. The van der Waals surface area contributed by atoms with Gasteiger partial charge in [0, 0.05) is 5.69 Å². The fourth-order valence-electron chi connectivity index (χ4n) is 2.17. The van der Waals surface area contributed by atoms with Gasteiger partial charge >= 0.3 is 0 Å². The third-order valence-electron chi connectivity index (χ3n) is 3.42. The molecule has 1 aromatic heterocycles. The van der Waals surface area contributed by atoms with Crippen molar-refractivity contribution in [1.29, 1.82) is 0 Å². The number of hydrogen-bond donors (Lipinski definition) is 3. The number of halogens is 2. The van der Waals surface area contributed by atoms with Gasteiger partial charge in [-0.1, -0.05) is 35.1 Å². The number of nitrogens with zero attached hydrogens (tertiary/aromatic N) is 1. The Morgan fingerprint density at radius 2 is 1.96 bits per heavy atom. The van der Waals surface area contributed by atoms with Gasteiger partial charge in [0.1, 0.15) is 16.5 Å². The standard InChI is InChI=1S/C17H14ClFN4OS/c1-9-3-2-4-12(18)13(9)22-16(24)14-15(20)23-17(25-14)21-11-7-5-10(19)6-8-11/h2-8H,20H2,1H3,(H,21,23)(H,22,24). The second kappa shape index (κ2) is 7.08. The number of rotatable bonds is 4. The van der Waals surface area contributed by atoms with Crippen LogP contribution in [-0.2, 0) is 0 Å². The monoisotopic (exact) mass is 376 g/mol. The van der Waals surface area contributed by atoms with Gasteiger partial charge in [-0.3, -0.25) is 4.79 Å². The highest BCUT2D eigenvalue weighted by atomic mass is 35.5. The van der Waals surface area contributed by atoms with Gasteiger partial charge in [0.05, 0.1) is 10.7 Å². The normalized spacial score (nSPS) is 10.5. The molecule has 8 heteroatoms. The van der Waals surface area contributed by atoms with Crippen LogP contribution in [0.15, 0.2) is 42.5 Å². The lowest BCUT2D eigenvalue weighted by Gasteiger charge is -2.09. The second-order valence-corrected chi connectivity index (χ2v) is 6.66. The van der Waals surface area contributed by atoms with Gasteiger partial charge in [0.2, 0.25) is 0 Å². The highest BCUT2D eigenvalue weighted by Gasteiger charge is 2.18. The van der Waals surface area contributed by atoms with Gasteiger partial charge in [-0.25, -0.2) is 9.37 Å². The zero-order chi connectivity index (χ0) is 18.0. The minimum atomic E-state index is -0.390. The summed E-state index contributed by atoms with van der Waals surface area (Å²) in [6, 6.07) is 11.1. The number of hydrogen-bond acceptors (Lipinski definition) is 5. The molecule has 0 atom stereocenters. The van der Waals surface area contributed by atoms with Crippen molar-refractivity contribution in [1.82, 2.24) is 4.98 Å². The van der Waals surface area contributed by atoms with E-state index in [0.29, 0.717) is 21.5 Å². The van der Waals surface area contributed by atoms with E-state index in [9.17, 15) is 9.18 Å². The first kappa shape index (κ1) is 17.2. The molecule has 128 valence electrons. The van der Waals surface area contributed by atoms with Crippen molar-refractivity contribution in [2.75, 3.05) is 16.4 Å². The number of para-hydroxylation sites is 1. The molecule has 0 fully saturated rings. The first-order chi connectivity index (χ1) is 11.9. The maximum atomic E-state index is 12.9. The van der Waals surface area contributed by atoms with Crippen LogP contribution < -0.4 is 16.4 Å². The Labute approximate surface area is 152 Å². The highest BCUT2D eigenvalue weighted by Crippen LogP contribution is 2.30. The average molecular weight is 377 g/mol. The maximum absolute atomic E-state index is 12.9. The molecule has 3 aromatic rings.